The molecule has 0 fully saturated rings. The molecule has 0 amide bonds. The van der Waals surface area contributed by atoms with Gasteiger partial charge in [-0.15, -0.1) is 11.3 Å². The van der Waals surface area contributed by atoms with E-state index < -0.39 is 0 Å². The maximum atomic E-state index is 6.70. The van der Waals surface area contributed by atoms with Gasteiger partial charge in [0, 0.05) is 70.2 Å². The number of amidine groups is 2. The first-order valence-electron chi connectivity index (χ1n) is 19.2. The van der Waals surface area contributed by atoms with Crippen LogP contribution in [-0.4, -0.2) is 16.2 Å². The number of aromatic nitrogens is 1. The summed E-state index contributed by atoms with van der Waals surface area (Å²) in [6, 6.07) is 64.2. The lowest BCUT2D eigenvalue weighted by atomic mass is 9.98. The van der Waals surface area contributed by atoms with Crippen LogP contribution in [0.15, 0.2) is 196 Å². The number of hydrogen-bond donors (Lipinski definition) is 1. The van der Waals surface area contributed by atoms with Crippen molar-refractivity contribution in [2.45, 2.75) is 6.17 Å². The Morgan fingerprint density at radius 3 is 1.95 bits per heavy atom. The molecule has 0 spiro atoms. The van der Waals surface area contributed by atoms with Crippen LogP contribution < -0.4 is 5.32 Å². The molecule has 0 saturated carbocycles. The molecule has 1 aliphatic rings. The van der Waals surface area contributed by atoms with Crippen LogP contribution >= 0.6 is 11.3 Å². The quantitative estimate of drug-likeness (QED) is 0.191. The summed E-state index contributed by atoms with van der Waals surface area (Å²) in [6.45, 7) is 0. The molecule has 0 bridgehead atoms. The summed E-state index contributed by atoms with van der Waals surface area (Å²) in [7, 11) is 0. The van der Waals surface area contributed by atoms with Crippen LogP contribution in [0, 0.1) is 0 Å². The van der Waals surface area contributed by atoms with Crippen molar-refractivity contribution in [3.05, 3.63) is 199 Å². The number of para-hydroxylation sites is 2. The lowest BCUT2D eigenvalue weighted by Crippen LogP contribution is -2.33. The normalized spacial score (nSPS) is 14.5. The van der Waals surface area contributed by atoms with E-state index in [0.717, 1.165) is 61.6 Å². The van der Waals surface area contributed by atoms with Gasteiger partial charge in [-0.05, 0) is 53.6 Å². The highest BCUT2D eigenvalue weighted by molar-refractivity contribution is 7.26. The molecule has 0 saturated heterocycles. The maximum Gasteiger partial charge on any atom is 0.159 e. The van der Waals surface area contributed by atoms with Crippen molar-refractivity contribution in [2.24, 2.45) is 9.98 Å². The molecule has 268 valence electrons. The summed E-state index contributed by atoms with van der Waals surface area (Å²) in [5, 5.41) is 10.8. The summed E-state index contributed by atoms with van der Waals surface area (Å²) < 4.78 is 11.5. The minimum absolute atomic E-state index is 0.322. The summed E-state index contributed by atoms with van der Waals surface area (Å²) in [4.78, 5) is 10.2. The smallest absolute Gasteiger partial charge is 0.159 e. The number of thiophene rings is 1. The summed E-state index contributed by atoms with van der Waals surface area (Å²) >= 11 is 1.83. The third-order valence-electron chi connectivity index (χ3n) is 11.3. The first-order chi connectivity index (χ1) is 28.2. The van der Waals surface area contributed by atoms with Crippen molar-refractivity contribution in [3.8, 4) is 16.8 Å². The van der Waals surface area contributed by atoms with E-state index >= 15 is 0 Å². The fourth-order valence-corrected chi connectivity index (χ4v) is 9.94. The molecule has 0 aliphatic carbocycles. The average molecular weight is 749 g/mol. The topological polar surface area (TPSA) is 54.8 Å². The number of benzene rings is 8. The second kappa shape index (κ2) is 12.6. The number of fused-ring (bicyclic) bond motifs is 9. The molecule has 8 aromatic carbocycles. The van der Waals surface area contributed by atoms with Gasteiger partial charge in [0.25, 0.3) is 0 Å². The number of nitrogens with one attached hydrogen (secondary N) is 1. The average Bonchev–Trinajstić information content (AvgIpc) is 3.96. The van der Waals surface area contributed by atoms with E-state index in [0.29, 0.717) is 0 Å². The van der Waals surface area contributed by atoms with E-state index in [9.17, 15) is 0 Å². The van der Waals surface area contributed by atoms with Gasteiger partial charge in [0.1, 0.15) is 23.2 Å². The van der Waals surface area contributed by atoms with Gasteiger partial charge < -0.3 is 14.3 Å². The van der Waals surface area contributed by atoms with Crippen LogP contribution in [0.5, 0.6) is 0 Å². The summed E-state index contributed by atoms with van der Waals surface area (Å²) in [6.07, 6.45) is -0.322. The van der Waals surface area contributed by atoms with Crippen LogP contribution in [0.1, 0.15) is 22.9 Å². The Hall–Kier alpha value is -7.28. The molecule has 1 unspecified atom stereocenters. The Kier molecular flexibility index (Phi) is 7.09. The zero-order chi connectivity index (χ0) is 37.5. The first kappa shape index (κ1) is 32.0. The van der Waals surface area contributed by atoms with E-state index in [-0.39, 0.29) is 6.17 Å². The predicted octanol–water partition coefficient (Wildman–Crippen LogP) is 13.2. The Bertz CT molecular complexity index is 3390. The molecule has 5 nitrogen and oxygen atoms in total. The van der Waals surface area contributed by atoms with E-state index in [4.69, 9.17) is 14.4 Å². The molecule has 3 aromatic heterocycles. The molecule has 11 aromatic rings. The van der Waals surface area contributed by atoms with E-state index in [2.05, 4.69) is 155 Å². The Morgan fingerprint density at radius 2 is 1.18 bits per heavy atom. The fraction of sp³-hybridized carbons (Fsp3) is 0.0196. The summed E-state index contributed by atoms with van der Waals surface area (Å²) in [5.41, 5.74) is 10.7. The molecule has 12 rings (SSSR count). The van der Waals surface area contributed by atoms with Crippen LogP contribution in [0.4, 0.5) is 0 Å². The van der Waals surface area contributed by atoms with Gasteiger partial charge in [0.05, 0.1) is 11.0 Å². The highest BCUT2D eigenvalue weighted by Gasteiger charge is 2.25. The third kappa shape index (κ3) is 5.08. The zero-order valence-electron chi connectivity index (χ0n) is 30.6. The standard InChI is InChI=1S/C51H32N4OS/c1-3-13-31(14-4-1)49-52-50(32-15-5-2-6-16-32)54-51(53-49)41-21-12-24-46-47(41)40-20-11-19-35(48(40)57-46)33-25-27-38-39-28-26-34(30-45(39)56-44(38)29-33)55-42-22-9-7-17-36(42)37-18-8-10-23-43(37)55/h1-30,51H,(H,52,53,54). The number of aliphatic imine (C=N–C) groups is 2. The van der Waals surface area contributed by atoms with Gasteiger partial charge in [-0.1, -0.05) is 133 Å². The molecule has 0 radical (unpaired) electrons. The number of hydrogen-bond acceptors (Lipinski definition) is 5. The number of nitrogens with zero attached hydrogens (tertiary/aromatic N) is 3. The van der Waals surface area contributed by atoms with Crippen molar-refractivity contribution >= 4 is 86.9 Å². The minimum atomic E-state index is -0.322. The zero-order valence-corrected chi connectivity index (χ0v) is 31.4. The highest BCUT2D eigenvalue weighted by Crippen LogP contribution is 2.44. The number of rotatable bonds is 5. The predicted molar refractivity (Wildman–Crippen MR) is 238 cm³/mol. The maximum absolute atomic E-state index is 6.70. The lowest BCUT2D eigenvalue weighted by Gasteiger charge is -2.24. The van der Waals surface area contributed by atoms with E-state index in [1.807, 2.05) is 47.7 Å². The highest BCUT2D eigenvalue weighted by atomic mass is 32.1. The van der Waals surface area contributed by atoms with Crippen molar-refractivity contribution in [3.63, 3.8) is 0 Å². The number of furan rings is 1. The molecule has 57 heavy (non-hydrogen) atoms. The van der Waals surface area contributed by atoms with Crippen LogP contribution in [0.3, 0.4) is 0 Å². The van der Waals surface area contributed by atoms with Crippen molar-refractivity contribution < 1.29 is 4.42 Å². The van der Waals surface area contributed by atoms with Crippen molar-refractivity contribution in [1.82, 2.24) is 9.88 Å². The van der Waals surface area contributed by atoms with Crippen LogP contribution in [0.2, 0.25) is 0 Å². The largest absolute Gasteiger partial charge is 0.456 e. The Labute approximate surface area is 331 Å². The molecule has 1 N–H and O–H groups in total. The molecule has 1 atom stereocenters. The SMILES string of the molecule is c1ccc(C2=NC(c3cccc4sc5c(-c6ccc7c(c6)oc6cc(-n8c9ccccc9c9ccccc98)ccc67)cccc5c34)NC(c3ccccc3)=N2)cc1. The van der Waals surface area contributed by atoms with Gasteiger partial charge in [-0.25, -0.2) is 9.98 Å². The molecular weight excluding hydrogens is 717 g/mol. The summed E-state index contributed by atoms with van der Waals surface area (Å²) in [5.74, 6) is 1.53. The van der Waals surface area contributed by atoms with E-state index in [1.54, 1.807) is 0 Å². The second-order valence-electron chi connectivity index (χ2n) is 14.6. The first-order valence-corrected chi connectivity index (χ1v) is 20.0. The van der Waals surface area contributed by atoms with Gasteiger partial charge in [-0.3, -0.25) is 0 Å². The second-order valence-corrected chi connectivity index (χ2v) is 15.6. The van der Waals surface area contributed by atoms with Crippen molar-refractivity contribution in [2.75, 3.05) is 0 Å². The minimum Gasteiger partial charge on any atom is -0.456 e. The fourth-order valence-electron chi connectivity index (χ4n) is 8.67. The molecule has 6 heteroatoms. The van der Waals surface area contributed by atoms with Crippen molar-refractivity contribution in [1.29, 1.82) is 0 Å². The van der Waals surface area contributed by atoms with Crippen LogP contribution in [-0.2, 0) is 0 Å². The molecule has 4 heterocycles. The Balaban J connectivity index is 0.968. The molecular formula is C51H32N4OS. The van der Waals surface area contributed by atoms with Gasteiger partial charge in [0.2, 0.25) is 0 Å². The van der Waals surface area contributed by atoms with E-state index in [1.165, 1.54) is 47.5 Å². The van der Waals surface area contributed by atoms with Gasteiger partial charge >= 0.3 is 0 Å². The monoisotopic (exact) mass is 748 g/mol. The molecule has 1 aliphatic heterocycles. The van der Waals surface area contributed by atoms with Gasteiger partial charge in [0.15, 0.2) is 5.84 Å². The van der Waals surface area contributed by atoms with Crippen LogP contribution in [0.25, 0.3) is 80.7 Å². The van der Waals surface area contributed by atoms with Gasteiger partial charge in [-0.2, -0.15) is 0 Å². The third-order valence-corrected chi connectivity index (χ3v) is 12.5. The lowest BCUT2D eigenvalue weighted by molar-refractivity contribution is 0.669. The Morgan fingerprint density at radius 1 is 0.526 bits per heavy atom.